The van der Waals surface area contributed by atoms with Crippen LogP contribution in [-0.4, -0.2) is 32.1 Å². The average Bonchev–Trinajstić information content (AvgIpc) is 2.93. The van der Waals surface area contributed by atoms with Crippen LogP contribution in [0.4, 0.5) is 11.4 Å². The van der Waals surface area contributed by atoms with Crippen LogP contribution < -0.4 is 10.2 Å². The first-order chi connectivity index (χ1) is 12.0. The van der Waals surface area contributed by atoms with Crippen molar-refractivity contribution in [2.24, 2.45) is 0 Å². The second-order valence-corrected chi connectivity index (χ2v) is 6.21. The number of nitrogens with one attached hydrogen (secondary N) is 1. The lowest BCUT2D eigenvalue weighted by molar-refractivity contribution is -0.122. The molecule has 1 N–H and O–H groups in total. The number of fused-ring (bicyclic) bond motifs is 1. The fourth-order valence-electron chi connectivity index (χ4n) is 3.17. The summed E-state index contributed by atoms with van der Waals surface area (Å²) in [5, 5.41) is 2.89. The molecule has 0 bridgehead atoms. The third-order valence-corrected chi connectivity index (χ3v) is 4.32. The average molecular weight is 342 g/mol. The molecular weight excluding hydrogens is 320 g/mol. The summed E-state index contributed by atoms with van der Waals surface area (Å²) in [5.41, 5.74) is 3.11. The highest BCUT2D eigenvalue weighted by atomic mass is 16.5. The molecule has 3 rings (SSSR count). The number of carbonyl (C=O) groups is 2. The third-order valence-electron chi connectivity index (χ3n) is 4.32. The molecule has 0 unspecified atom stereocenters. The fourth-order valence-corrected chi connectivity index (χ4v) is 3.17. The Morgan fingerprint density at radius 2 is 2.08 bits per heavy atom. The van der Waals surface area contributed by atoms with Crippen molar-refractivity contribution in [2.75, 3.05) is 30.5 Å². The number of anilines is 2. The van der Waals surface area contributed by atoms with Crippen molar-refractivity contribution in [1.82, 2.24) is 0 Å². The van der Waals surface area contributed by atoms with E-state index in [2.05, 4.69) is 5.32 Å². The Bertz CT molecular complexity index is 810. The highest BCUT2D eigenvalue weighted by molar-refractivity contribution is 6.05. The van der Waals surface area contributed by atoms with Crippen LogP contribution in [0.3, 0.4) is 0 Å². The largest absolute Gasteiger partial charge is 0.466 e. The zero-order valence-corrected chi connectivity index (χ0v) is 14.7. The van der Waals surface area contributed by atoms with Gasteiger partial charge in [-0.3, -0.25) is 9.59 Å². The normalized spacial score (nSPS) is 13.5. The number of ether oxygens (including phenoxy) is 1. The Labute approximate surface area is 146 Å². The summed E-state index contributed by atoms with van der Waals surface area (Å²) in [7, 11) is 1.51. The molecule has 0 fully saturated rings. The molecule has 1 aromatic carbocycles. The Morgan fingerprint density at radius 3 is 2.76 bits per heavy atom. The van der Waals surface area contributed by atoms with E-state index in [4.69, 9.17) is 9.15 Å². The summed E-state index contributed by atoms with van der Waals surface area (Å²) in [6.07, 6.45) is 1.84. The van der Waals surface area contributed by atoms with Gasteiger partial charge in [-0.1, -0.05) is 6.07 Å². The number of carbonyl (C=O) groups excluding carboxylic acids is 2. The number of methoxy groups -OCH3 is 1. The first-order valence-corrected chi connectivity index (χ1v) is 8.30. The maximum Gasteiger partial charge on any atom is 0.259 e. The van der Waals surface area contributed by atoms with Gasteiger partial charge in [-0.25, -0.2) is 0 Å². The van der Waals surface area contributed by atoms with Gasteiger partial charge in [-0.15, -0.1) is 0 Å². The standard InChI is InChI=1S/C19H22N2O4/c1-12-9-16(13(2)25-12)19(23)20-15-7-6-14-5-4-8-21(17(14)10-15)18(22)11-24-3/h6-7,9-10H,4-5,8,11H2,1-3H3,(H,20,23). The summed E-state index contributed by atoms with van der Waals surface area (Å²) >= 11 is 0. The predicted octanol–water partition coefficient (Wildman–Crippen LogP) is 3.07. The lowest BCUT2D eigenvalue weighted by Crippen LogP contribution is -2.37. The van der Waals surface area contributed by atoms with E-state index in [1.54, 1.807) is 17.9 Å². The topological polar surface area (TPSA) is 71.8 Å². The molecule has 1 aliphatic heterocycles. The number of nitrogens with zero attached hydrogens (tertiary/aromatic N) is 1. The highest BCUT2D eigenvalue weighted by Gasteiger charge is 2.23. The van der Waals surface area contributed by atoms with E-state index in [0.717, 1.165) is 24.1 Å². The van der Waals surface area contributed by atoms with Crippen molar-refractivity contribution in [3.8, 4) is 0 Å². The van der Waals surface area contributed by atoms with Crippen LogP contribution in [0.1, 0.15) is 33.9 Å². The number of hydrogen-bond acceptors (Lipinski definition) is 4. The molecule has 0 atom stereocenters. The molecule has 1 aliphatic rings. The minimum atomic E-state index is -0.222. The fraction of sp³-hybridized carbons (Fsp3) is 0.368. The molecular formula is C19H22N2O4. The molecule has 0 saturated carbocycles. The molecule has 1 aromatic heterocycles. The number of rotatable bonds is 4. The molecule has 0 radical (unpaired) electrons. The van der Waals surface area contributed by atoms with E-state index in [0.29, 0.717) is 29.3 Å². The van der Waals surface area contributed by atoms with Crippen LogP contribution in [0.25, 0.3) is 0 Å². The number of aryl methyl sites for hydroxylation is 3. The summed E-state index contributed by atoms with van der Waals surface area (Å²) in [4.78, 5) is 26.5. The van der Waals surface area contributed by atoms with Gasteiger partial charge in [0.05, 0.1) is 5.56 Å². The Morgan fingerprint density at radius 1 is 1.28 bits per heavy atom. The van der Waals surface area contributed by atoms with E-state index < -0.39 is 0 Å². The number of benzene rings is 1. The van der Waals surface area contributed by atoms with Gasteiger partial charge >= 0.3 is 0 Å². The Kier molecular flexibility index (Phi) is 4.90. The van der Waals surface area contributed by atoms with Gasteiger partial charge in [-0.05, 0) is 50.5 Å². The zero-order valence-electron chi connectivity index (χ0n) is 14.7. The number of amides is 2. The first kappa shape index (κ1) is 17.2. The molecule has 2 heterocycles. The van der Waals surface area contributed by atoms with Crippen LogP contribution in [0, 0.1) is 13.8 Å². The van der Waals surface area contributed by atoms with E-state index in [1.807, 2.05) is 25.1 Å². The van der Waals surface area contributed by atoms with Gasteiger partial charge in [0.1, 0.15) is 18.1 Å². The van der Waals surface area contributed by atoms with E-state index in [-0.39, 0.29) is 18.4 Å². The summed E-state index contributed by atoms with van der Waals surface area (Å²) < 4.78 is 10.4. The molecule has 2 amide bonds. The van der Waals surface area contributed by atoms with Crippen molar-refractivity contribution in [2.45, 2.75) is 26.7 Å². The lowest BCUT2D eigenvalue weighted by Gasteiger charge is -2.29. The number of hydrogen-bond donors (Lipinski definition) is 1. The van der Waals surface area contributed by atoms with Crippen molar-refractivity contribution in [3.05, 3.63) is 46.9 Å². The summed E-state index contributed by atoms with van der Waals surface area (Å²) in [5.74, 6) is 0.988. The predicted molar refractivity (Wildman–Crippen MR) is 95.1 cm³/mol. The van der Waals surface area contributed by atoms with Crippen LogP contribution in [0.15, 0.2) is 28.7 Å². The molecule has 6 nitrogen and oxygen atoms in total. The smallest absolute Gasteiger partial charge is 0.259 e. The molecule has 0 saturated heterocycles. The molecule has 0 aliphatic carbocycles. The second-order valence-electron chi connectivity index (χ2n) is 6.21. The first-order valence-electron chi connectivity index (χ1n) is 8.30. The summed E-state index contributed by atoms with van der Waals surface area (Å²) in [6.45, 7) is 4.28. The Hall–Kier alpha value is -2.60. The monoisotopic (exact) mass is 342 g/mol. The minimum absolute atomic E-state index is 0.0452. The molecule has 6 heteroatoms. The lowest BCUT2D eigenvalue weighted by atomic mass is 10.0. The van der Waals surface area contributed by atoms with Gasteiger partial charge in [0.2, 0.25) is 0 Å². The minimum Gasteiger partial charge on any atom is -0.466 e. The van der Waals surface area contributed by atoms with Gasteiger partial charge in [0, 0.05) is 25.0 Å². The SMILES string of the molecule is COCC(=O)N1CCCc2ccc(NC(=O)c3cc(C)oc3C)cc21. The zero-order chi connectivity index (χ0) is 18.0. The molecule has 132 valence electrons. The molecule has 2 aromatic rings. The third kappa shape index (κ3) is 3.58. The summed E-state index contributed by atoms with van der Waals surface area (Å²) in [6, 6.07) is 7.40. The second kappa shape index (κ2) is 7.11. The van der Waals surface area contributed by atoms with Crippen molar-refractivity contribution >= 4 is 23.2 Å². The van der Waals surface area contributed by atoms with Crippen molar-refractivity contribution in [3.63, 3.8) is 0 Å². The van der Waals surface area contributed by atoms with Crippen LogP contribution in [0.2, 0.25) is 0 Å². The van der Waals surface area contributed by atoms with E-state index in [1.165, 1.54) is 7.11 Å². The molecule has 25 heavy (non-hydrogen) atoms. The Balaban J connectivity index is 1.84. The van der Waals surface area contributed by atoms with E-state index >= 15 is 0 Å². The maximum atomic E-state index is 12.5. The van der Waals surface area contributed by atoms with Gasteiger partial charge in [0.15, 0.2) is 0 Å². The quantitative estimate of drug-likeness (QED) is 0.927. The van der Waals surface area contributed by atoms with Crippen molar-refractivity contribution in [1.29, 1.82) is 0 Å². The molecule has 0 spiro atoms. The van der Waals surface area contributed by atoms with Gasteiger partial charge in [-0.2, -0.15) is 0 Å². The van der Waals surface area contributed by atoms with Crippen LogP contribution in [-0.2, 0) is 16.0 Å². The van der Waals surface area contributed by atoms with Crippen LogP contribution in [0.5, 0.6) is 0 Å². The maximum absolute atomic E-state index is 12.5. The van der Waals surface area contributed by atoms with E-state index in [9.17, 15) is 9.59 Å². The van der Waals surface area contributed by atoms with Crippen LogP contribution >= 0.6 is 0 Å². The highest BCUT2D eigenvalue weighted by Crippen LogP contribution is 2.30. The van der Waals surface area contributed by atoms with Crippen molar-refractivity contribution < 1.29 is 18.7 Å². The van der Waals surface area contributed by atoms with Gasteiger partial charge < -0.3 is 19.4 Å². The van der Waals surface area contributed by atoms with Gasteiger partial charge in [0.25, 0.3) is 11.8 Å². The number of furan rings is 1.